The molecule has 0 atom stereocenters. The molecule has 2 aromatic rings. The monoisotopic (exact) mass is 508 g/mol. The summed E-state index contributed by atoms with van der Waals surface area (Å²) in [5.41, 5.74) is 2.14. The standard InChI is InChI=1S/C22H28N4O2.HI/c1-2-23-22(25-15-13-18-9-4-3-5-10-18)24-14-8-16-26-19-11-6-7-12-20(19)28-17-21(26)27;/h3-7,9-12H,2,8,13-17H2,1H3,(H2,23,24,25);1H. The number of anilines is 1. The van der Waals surface area contributed by atoms with Crippen molar-refractivity contribution < 1.29 is 9.53 Å². The molecule has 1 aliphatic rings. The summed E-state index contributed by atoms with van der Waals surface area (Å²) in [5.74, 6) is 1.57. The van der Waals surface area contributed by atoms with E-state index >= 15 is 0 Å². The second-order valence-corrected chi connectivity index (χ2v) is 6.58. The predicted molar refractivity (Wildman–Crippen MR) is 128 cm³/mol. The number of rotatable bonds is 8. The lowest BCUT2D eigenvalue weighted by molar-refractivity contribution is -0.121. The predicted octanol–water partition coefficient (Wildman–Crippen LogP) is 3.22. The minimum atomic E-state index is -0.00410. The topological polar surface area (TPSA) is 66.0 Å². The van der Waals surface area contributed by atoms with E-state index in [4.69, 9.17) is 4.74 Å². The number of benzene rings is 2. The van der Waals surface area contributed by atoms with Crippen LogP contribution < -0.4 is 20.3 Å². The maximum absolute atomic E-state index is 12.2. The Balaban J connectivity index is 0.00000300. The molecule has 0 aliphatic carbocycles. The van der Waals surface area contributed by atoms with Crippen molar-refractivity contribution in [2.24, 2.45) is 4.99 Å². The number of nitrogens with zero attached hydrogens (tertiary/aromatic N) is 2. The Hall–Kier alpha value is -2.29. The molecule has 1 aliphatic heterocycles. The van der Waals surface area contributed by atoms with Gasteiger partial charge in [-0.05, 0) is 37.5 Å². The van der Waals surface area contributed by atoms with Gasteiger partial charge in [-0.25, -0.2) is 0 Å². The van der Waals surface area contributed by atoms with Crippen LogP contribution in [0.5, 0.6) is 5.75 Å². The summed E-state index contributed by atoms with van der Waals surface area (Å²) >= 11 is 0. The molecule has 0 unspecified atom stereocenters. The van der Waals surface area contributed by atoms with Crippen LogP contribution in [0, 0.1) is 0 Å². The number of aliphatic imine (C=N–C) groups is 1. The number of amides is 1. The summed E-state index contributed by atoms with van der Waals surface area (Å²) in [6, 6.07) is 18.1. The number of ether oxygens (including phenoxy) is 1. The fourth-order valence-corrected chi connectivity index (χ4v) is 3.13. The molecule has 0 saturated carbocycles. The van der Waals surface area contributed by atoms with E-state index in [1.54, 1.807) is 4.90 Å². The molecule has 6 nitrogen and oxygen atoms in total. The highest BCUT2D eigenvalue weighted by Gasteiger charge is 2.24. The number of carbonyl (C=O) groups excluding carboxylic acids is 1. The van der Waals surface area contributed by atoms with E-state index in [-0.39, 0.29) is 36.5 Å². The highest BCUT2D eigenvalue weighted by Crippen LogP contribution is 2.31. The fraction of sp³-hybridized carbons (Fsp3) is 0.364. The van der Waals surface area contributed by atoms with Crippen molar-refractivity contribution in [3.05, 3.63) is 60.2 Å². The second-order valence-electron chi connectivity index (χ2n) is 6.58. The van der Waals surface area contributed by atoms with E-state index in [9.17, 15) is 4.79 Å². The Morgan fingerprint density at radius 3 is 2.66 bits per heavy atom. The lowest BCUT2D eigenvalue weighted by Gasteiger charge is -2.29. The van der Waals surface area contributed by atoms with Crippen LogP contribution in [-0.2, 0) is 11.2 Å². The molecule has 3 rings (SSSR count). The third-order valence-corrected chi connectivity index (χ3v) is 4.51. The number of nitrogens with one attached hydrogen (secondary N) is 2. The van der Waals surface area contributed by atoms with E-state index in [1.807, 2.05) is 30.3 Å². The quantitative estimate of drug-likeness (QED) is 0.249. The SMILES string of the molecule is CCNC(=NCCCN1C(=O)COc2ccccc21)NCCc1ccccc1.I. The molecule has 7 heteroatoms. The van der Waals surface area contributed by atoms with Gasteiger partial charge in [-0.3, -0.25) is 9.79 Å². The Morgan fingerprint density at radius 2 is 1.86 bits per heavy atom. The van der Waals surface area contributed by atoms with Gasteiger partial charge in [-0.2, -0.15) is 0 Å². The summed E-state index contributed by atoms with van der Waals surface area (Å²) in [4.78, 5) is 18.6. The smallest absolute Gasteiger partial charge is 0.265 e. The van der Waals surface area contributed by atoms with Crippen LogP contribution in [0.3, 0.4) is 0 Å². The molecule has 0 bridgehead atoms. The Labute approximate surface area is 189 Å². The molecule has 1 amide bonds. The van der Waals surface area contributed by atoms with Gasteiger partial charge in [0.1, 0.15) is 5.75 Å². The third kappa shape index (κ3) is 6.92. The van der Waals surface area contributed by atoms with Gasteiger partial charge in [-0.15, -0.1) is 24.0 Å². The van der Waals surface area contributed by atoms with Crippen LogP contribution in [0.1, 0.15) is 18.9 Å². The van der Waals surface area contributed by atoms with Gasteiger partial charge in [0, 0.05) is 26.2 Å². The number of carbonyl (C=O) groups is 1. The van der Waals surface area contributed by atoms with Crippen molar-refractivity contribution in [1.82, 2.24) is 10.6 Å². The summed E-state index contributed by atoms with van der Waals surface area (Å²) < 4.78 is 5.48. The molecule has 2 aromatic carbocycles. The molecule has 1 heterocycles. The van der Waals surface area contributed by atoms with Crippen molar-refractivity contribution in [2.45, 2.75) is 19.8 Å². The average Bonchev–Trinajstić information content (AvgIpc) is 2.73. The van der Waals surface area contributed by atoms with Gasteiger partial charge in [0.05, 0.1) is 5.69 Å². The maximum Gasteiger partial charge on any atom is 0.265 e. The van der Waals surface area contributed by atoms with Crippen molar-refractivity contribution in [2.75, 3.05) is 37.7 Å². The first-order valence-corrected chi connectivity index (χ1v) is 9.86. The molecule has 0 aromatic heterocycles. The molecule has 0 saturated heterocycles. The van der Waals surface area contributed by atoms with Crippen molar-refractivity contribution in [1.29, 1.82) is 0 Å². The summed E-state index contributed by atoms with van der Waals surface area (Å²) in [6.45, 7) is 5.07. The first kappa shape index (κ1) is 23.0. The molecular weight excluding hydrogens is 479 g/mol. The number of hydrogen-bond acceptors (Lipinski definition) is 3. The van der Waals surface area contributed by atoms with Gasteiger partial charge in [0.15, 0.2) is 12.6 Å². The van der Waals surface area contributed by atoms with E-state index in [2.05, 4.69) is 46.8 Å². The minimum Gasteiger partial charge on any atom is -0.482 e. The van der Waals surface area contributed by atoms with Crippen molar-refractivity contribution in [3.8, 4) is 5.75 Å². The van der Waals surface area contributed by atoms with E-state index in [1.165, 1.54) is 5.56 Å². The zero-order chi connectivity index (χ0) is 19.6. The van der Waals surface area contributed by atoms with E-state index in [0.717, 1.165) is 43.3 Å². The van der Waals surface area contributed by atoms with Crippen molar-refractivity contribution >= 4 is 41.5 Å². The number of hydrogen-bond donors (Lipinski definition) is 2. The first-order chi connectivity index (χ1) is 13.8. The minimum absolute atomic E-state index is 0. The highest BCUT2D eigenvalue weighted by atomic mass is 127. The first-order valence-electron chi connectivity index (χ1n) is 9.86. The third-order valence-electron chi connectivity index (χ3n) is 4.51. The lowest BCUT2D eigenvalue weighted by atomic mass is 10.1. The van der Waals surface area contributed by atoms with Crippen LogP contribution in [0.25, 0.3) is 0 Å². The van der Waals surface area contributed by atoms with Crippen LogP contribution in [-0.4, -0.2) is 44.7 Å². The number of para-hydroxylation sites is 2. The van der Waals surface area contributed by atoms with Gasteiger partial charge in [0.2, 0.25) is 0 Å². The summed E-state index contributed by atoms with van der Waals surface area (Å²) in [6.07, 6.45) is 1.74. The van der Waals surface area contributed by atoms with Gasteiger partial charge in [0.25, 0.3) is 5.91 Å². The summed E-state index contributed by atoms with van der Waals surface area (Å²) in [5, 5.41) is 6.64. The number of halogens is 1. The van der Waals surface area contributed by atoms with Crippen LogP contribution in [0.2, 0.25) is 0 Å². The molecule has 2 N–H and O–H groups in total. The Bertz CT molecular complexity index is 798. The van der Waals surface area contributed by atoms with Crippen LogP contribution in [0.15, 0.2) is 59.6 Å². The van der Waals surface area contributed by atoms with Crippen LogP contribution in [0.4, 0.5) is 5.69 Å². The Morgan fingerprint density at radius 1 is 1.10 bits per heavy atom. The van der Waals surface area contributed by atoms with Crippen molar-refractivity contribution in [3.63, 3.8) is 0 Å². The van der Waals surface area contributed by atoms with Gasteiger partial charge in [-0.1, -0.05) is 42.5 Å². The zero-order valence-corrected chi connectivity index (χ0v) is 19.1. The normalized spacial score (nSPS) is 13.2. The largest absolute Gasteiger partial charge is 0.482 e. The van der Waals surface area contributed by atoms with Crippen LogP contribution >= 0.6 is 24.0 Å². The fourth-order valence-electron chi connectivity index (χ4n) is 3.13. The Kier molecular flexibility index (Phi) is 9.76. The average molecular weight is 508 g/mol. The molecule has 156 valence electrons. The maximum atomic E-state index is 12.2. The molecule has 0 spiro atoms. The van der Waals surface area contributed by atoms with E-state index < -0.39 is 0 Å². The molecule has 0 fully saturated rings. The number of guanidine groups is 1. The van der Waals surface area contributed by atoms with Gasteiger partial charge >= 0.3 is 0 Å². The molecular formula is C22H29IN4O2. The zero-order valence-electron chi connectivity index (χ0n) is 16.8. The van der Waals surface area contributed by atoms with E-state index in [0.29, 0.717) is 13.1 Å². The van der Waals surface area contributed by atoms with Gasteiger partial charge < -0.3 is 20.3 Å². The molecule has 29 heavy (non-hydrogen) atoms. The second kappa shape index (κ2) is 12.3. The number of fused-ring (bicyclic) bond motifs is 1. The lowest BCUT2D eigenvalue weighted by Crippen LogP contribution is -2.40. The molecule has 0 radical (unpaired) electrons. The highest BCUT2D eigenvalue weighted by molar-refractivity contribution is 14.0. The summed E-state index contributed by atoms with van der Waals surface area (Å²) in [7, 11) is 0.